The van der Waals surface area contributed by atoms with Crippen LogP contribution in [-0.2, 0) is 6.61 Å². The quantitative estimate of drug-likeness (QED) is 0.208. The molecule has 184 valence electrons. The van der Waals surface area contributed by atoms with E-state index in [1.54, 1.807) is 18.2 Å². The Morgan fingerprint density at radius 3 is 2.47 bits per heavy atom. The van der Waals surface area contributed by atoms with Crippen molar-refractivity contribution >= 4 is 34.5 Å². The molecule has 0 unspecified atom stereocenters. The van der Waals surface area contributed by atoms with Gasteiger partial charge in [0.2, 0.25) is 0 Å². The zero-order valence-corrected chi connectivity index (χ0v) is 21.1. The molecule has 4 aromatic carbocycles. The number of benzene rings is 4. The minimum Gasteiger partial charge on any atom is -0.496 e. The number of nitrogens with one attached hydrogen (secondary N) is 1. The van der Waals surface area contributed by atoms with Crippen molar-refractivity contribution in [2.24, 2.45) is 5.10 Å². The van der Waals surface area contributed by atoms with E-state index in [1.165, 1.54) is 13.3 Å². The van der Waals surface area contributed by atoms with Gasteiger partial charge < -0.3 is 14.2 Å². The lowest BCUT2D eigenvalue weighted by molar-refractivity contribution is 0.0952. The van der Waals surface area contributed by atoms with Crippen LogP contribution >= 0.6 is 11.6 Å². The Hall–Kier alpha value is -4.03. The van der Waals surface area contributed by atoms with Gasteiger partial charge >= 0.3 is 0 Å². The van der Waals surface area contributed by atoms with Crippen molar-refractivity contribution in [1.82, 2.24) is 5.43 Å². The van der Waals surface area contributed by atoms with Crippen LogP contribution in [0, 0.1) is 6.92 Å². The average Bonchev–Trinajstić information content (AvgIpc) is 2.87. The molecular weight excluding hydrogens is 476 g/mol. The maximum Gasteiger partial charge on any atom is 0.275 e. The minimum atomic E-state index is -0.386. The number of carbonyl (C=O) groups is 1. The van der Waals surface area contributed by atoms with Crippen molar-refractivity contribution in [1.29, 1.82) is 0 Å². The standard InChI is InChI=1S/C29H27ClN2O4/c1-4-35-27-14-21(13-25(30)28(27)36-18-20-9-7-8-19(2)12-20)17-31-32-29(33)24-15-22-10-5-6-11-23(22)16-26(24)34-3/h5-17H,4,18H2,1-3H3,(H,32,33)/b31-17-. The lowest BCUT2D eigenvalue weighted by Gasteiger charge is -2.14. The molecule has 4 rings (SSSR count). The molecule has 0 atom stereocenters. The van der Waals surface area contributed by atoms with Crippen LogP contribution in [0.2, 0.25) is 5.02 Å². The van der Waals surface area contributed by atoms with Crippen molar-refractivity contribution in [2.45, 2.75) is 20.5 Å². The zero-order valence-electron chi connectivity index (χ0n) is 20.4. The second-order valence-corrected chi connectivity index (χ2v) is 8.55. The number of halogens is 1. The summed E-state index contributed by atoms with van der Waals surface area (Å²) in [7, 11) is 1.53. The molecular formula is C29H27ClN2O4. The lowest BCUT2D eigenvalue weighted by atomic mass is 10.1. The monoisotopic (exact) mass is 502 g/mol. The fraction of sp³-hybridized carbons (Fsp3) is 0.172. The molecule has 0 saturated carbocycles. The summed E-state index contributed by atoms with van der Waals surface area (Å²) in [5, 5.41) is 6.42. The average molecular weight is 503 g/mol. The molecule has 6 nitrogen and oxygen atoms in total. The van der Waals surface area contributed by atoms with Crippen LogP contribution in [0.5, 0.6) is 17.2 Å². The molecule has 0 saturated heterocycles. The highest BCUT2D eigenvalue weighted by atomic mass is 35.5. The Kier molecular flexibility index (Phi) is 8.08. The first kappa shape index (κ1) is 25.1. The van der Waals surface area contributed by atoms with E-state index >= 15 is 0 Å². The molecule has 1 N–H and O–H groups in total. The summed E-state index contributed by atoms with van der Waals surface area (Å²) in [5.41, 5.74) is 5.79. The van der Waals surface area contributed by atoms with E-state index in [9.17, 15) is 4.79 Å². The first-order valence-corrected chi connectivity index (χ1v) is 11.9. The Labute approximate surface area is 215 Å². The Balaban J connectivity index is 1.50. The molecule has 1 amide bonds. The fourth-order valence-corrected chi connectivity index (χ4v) is 4.09. The van der Waals surface area contributed by atoms with Gasteiger partial charge in [-0.15, -0.1) is 0 Å². The Bertz CT molecular complexity index is 1420. The van der Waals surface area contributed by atoms with Crippen LogP contribution in [0.4, 0.5) is 0 Å². The summed E-state index contributed by atoms with van der Waals surface area (Å²) < 4.78 is 17.2. The van der Waals surface area contributed by atoms with Crippen LogP contribution in [0.1, 0.15) is 34.0 Å². The highest BCUT2D eigenvalue weighted by molar-refractivity contribution is 6.32. The summed E-state index contributed by atoms with van der Waals surface area (Å²) in [6.45, 7) is 4.72. The van der Waals surface area contributed by atoms with Crippen LogP contribution in [-0.4, -0.2) is 25.8 Å². The molecule has 0 fully saturated rings. The summed E-state index contributed by atoms with van der Waals surface area (Å²) in [6, 6.07) is 22.9. The van der Waals surface area contributed by atoms with E-state index in [0.29, 0.717) is 46.6 Å². The van der Waals surface area contributed by atoms with Gasteiger partial charge in [0.1, 0.15) is 12.4 Å². The van der Waals surface area contributed by atoms with Crippen molar-refractivity contribution in [2.75, 3.05) is 13.7 Å². The number of fused-ring (bicyclic) bond motifs is 1. The highest BCUT2D eigenvalue weighted by Gasteiger charge is 2.15. The number of hydrogen-bond acceptors (Lipinski definition) is 5. The zero-order chi connectivity index (χ0) is 25.5. The third-order valence-corrected chi connectivity index (χ3v) is 5.77. The summed E-state index contributed by atoms with van der Waals surface area (Å²) in [6.07, 6.45) is 1.50. The van der Waals surface area contributed by atoms with Gasteiger partial charge in [-0.1, -0.05) is 65.7 Å². The Morgan fingerprint density at radius 1 is 0.972 bits per heavy atom. The third-order valence-electron chi connectivity index (χ3n) is 5.49. The van der Waals surface area contributed by atoms with E-state index in [1.807, 2.05) is 62.4 Å². The summed E-state index contributed by atoms with van der Waals surface area (Å²) in [4.78, 5) is 12.8. The number of aryl methyl sites for hydroxylation is 1. The van der Waals surface area contributed by atoms with Crippen molar-refractivity contribution < 1.29 is 19.0 Å². The van der Waals surface area contributed by atoms with Gasteiger partial charge in [0.05, 0.1) is 30.5 Å². The van der Waals surface area contributed by atoms with E-state index in [2.05, 4.69) is 16.6 Å². The fourth-order valence-electron chi connectivity index (χ4n) is 3.81. The molecule has 0 aliphatic rings. The van der Waals surface area contributed by atoms with E-state index in [0.717, 1.165) is 21.9 Å². The third kappa shape index (κ3) is 5.96. The molecule has 0 aliphatic carbocycles. The molecule has 0 radical (unpaired) electrons. The number of nitrogens with zero attached hydrogens (tertiary/aromatic N) is 1. The predicted octanol–water partition coefficient (Wildman–Crippen LogP) is 6.55. The van der Waals surface area contributed by atoms with Gasteiger partial charge in [-0.25, -0.2) is 5.43 Å². The van der Waals surface area contributed by atoms with Crippen molar-refractivity contribution in [3.63, 3.8) is 0 Å². The molecule has 36 heavy (non-hydrogen) atoms. The summed E-state index contributed by atoms with van der Waals surface area (Å²) >= 11 is 6.53. The number of amides is 1. The lowest BCUT2D eigenvalue weighted by Crippen LogP contribution is -2.18. The molecule has 0 aromatic heterocycles. The summed E-state index contributed by atoms with van der Waals surface area (Å²) in [5.74, 6) is 1.05. The molecule has 4 aromatic rings. The molecule has 7 heteroatoms. The smallest absolute Gasteiger partial charge is 0.275 e. The second-order valence-electron chi connectivity index (χ2n) is 8.14. The number of hydrogen-bond donors (Lipinski definition) is 1. The second kappa shape index (κ2) is 11.6. The number of ether oxygens (including phenoxy) is 3. The van der Waals surface area contributed by atoms with Gasteiger partial charge in [0.15, 0.2) is 11.5 Å². The number of methoxy groups -OCH3 is 1. The molecule has 0 heterocycles. The van der Waals surface area contributed by atoms with Crippen LogP contribution in [0.15, 0.2) is 77.9 Å². The van der Waals surface area contributed by atoms with Gasteiger partial charge in [0, 0.05) is 0 Å². The molecule has 0 aliphatic heterocycles. The van der Waals surface area contributed by atoms with Crippen molar-refractivity contribution in [3.8, 4) is 17.2 Å². The van der Waals surface area contributed by atoms with Crippen LogP contribution < -0.4 is 19.6 Å². The van der Waals surface area contributed by atoms with E-state index < -0.39 is 0 Å². The maximum atomic E-state index is 12.8. The Morgan fingerprint density at radius 2 is 1.75 bits per heavy atom. The SMILES string of the molecule is CCOc1cc(/C=N\NC(=O)c2cc3ccccc3cc2OC)cc(Cl)c1OCc1cccc(C)c1. The number of rotatable bonds is 9. The minimum absolute atomic E-state index is 0.360. The van der Waals surface area contributed by atoms with Gasteiger partial charge in [-0.2, -0.15) is 5.10 Å². The van der Waals surface area contributed by atoms with Gasteiger partial charge in [0.25, 0.3) is 5.91 Å². The highest BCUT2D eigenvalue weighted by Crippen LogP contribution is 2.37. The van der Waals surface area contributed by atoms with Gasteiger partial charge in [-0.3, -0.25) is 4.79 Å². The predicted molar refractivity (Wildman–Crippen MR) is 144 cm³/mol. The number of hydrazone groups is 1. The molecule has 0 spiro atoms. The van der Waals surface area contributed by atoms with E-state index in [-0.39, 0.29) is 5.91 Å². The first-order chi connectivity index (χ1) is 17.5. The largest absolute Gasteiger partial charge is 0.496 e. The maximum absolute atomic E-state index is 12.8. The normalized spacial score (nSPS) is 11.0. The molecule has 0 bridgehead atoms. The number of carbonyl (C=O) groups excluding carboxylic acids is 1. The van der Waals surface area contributed by atoms with E-state index in [4.69, 9.17) is 25.8 Å². The van der Waals surface area contributed by atoms with Crippen molar-refractivity contribution in [3.05, 3.63) is 100 Å². The van der Waals surface area contributed by atoms with Crippen LogP contribution in [0.25, 0.3) is 10.8 Å². The van der Waals surface area contributed by atoms with Gasteiger partial charge in [-0.05, 0) is 60.0 Å². The van der Waals surface area contributed by atoms with Crippen LogP contribution in [0.3, 0.4) is 0 Å². The first-order valence-electron chi connectivity index (χ1n) is 11.5. The topological polar surface area (TPSA) is 69.2 Å².